The summed E-state index contributed by atoms with van der Waals surface area (Å²) in [5.41, 5.74) is 0.987. The molecule has 3 aromatic heterocycles. The third-order valence-electron chi connectivity index (χ3n) is 3.84. The van der Waals surface area contributed by atoms with Crippen molar-refractivity contribution in [1.82, 2.24) is 9.71 Å². The van der Waals surface area contributed by atoms with Gasteiger partial charge in [-0.2, -0.15) is 0 Å². The zero-order chi connectivity index (χ0) is 18.2. The highest BCUT2D eigenvalue weighted by atomic mass is 32.2. The lowest BCUT2D eigenvalue weighted by Crippen LogP contribution is -2.34. The van der Waals surface area contributed by atoms with E-state index >= 15 is 0 Å². The molecule has 0 saturated heterocycles. The summed E-state index contributed by atoms with van der Waals surface area (Å²) in [6.45, 7) is 7.64. The van der Waals surface area contributed by atoms with Crippen molar-refractivity contribution in [2.24, 2.45) is 0 Å². The molecule has 3 heterocycles. The Bertz CT molecular complexity index is 950. The van der Waals surface area contributed by atoms with Crippen LogP contribution in [-0.2, 0) is 16.4 Å². The molecule has 1 atom stereocenters. The summed E-state index contributed by atoms with van der Waals surface area (Å²) < 4.78 is 33.5. The van der Waals surface area contributed by atoms with E-state index in [1.165, 1.54) is 11.3 Å². The van der Waals surface area contributed by atoms with E-state index in [1.54, 1.807) is 29.7 Å². The fraction of sp³-hybridized carbons (Fsp3) is 0.353. The third-order valence-corrected chi connectivity index (χ3v) is 7.98. The summed E-state index contributed by atoms with van der Waals surface area (Å²) >= 11 is 3.05. The summed E-state index contributed by atoms with van der Waals surface area (Å²) in [7, 11) is -3.59. The molecule has 0 aliphatic heterocycles. The Kier molecular flexibility index (Phi) is 5.15. The molecule has 5 nitrogen and oxygen atoms in total. The quantitative estimate of drug-likeness (QED) is 0.674. The number of sulfonamides is 1. The van der Waals surface area contributed by atoms with Crippen LogP contribution in [-0.4, -0.2) is 19.4 Å². The van der Waals surface area contributed by atoms with Gasteiger partial charge in [0.15, 0.2) is 0 Å². The van der Waals surface area contributed by atoms with Gasteiger partial charge in [-0.1, -0.05) is 0 Å². The first-order valence-corrected chi connectivity index (χ1v) is 11.0. The number of rotatable bonds is 6. The van der Waals surface area contributed by atoms with Crippen molar-refractivity contribution < 1.29 is 12.8 Å². The van der Waals surface area contributed by atoms with Crippen molar-refractivity contribution >= 4 is 32.7 Å². The van der Waals surface area contributed by atoms with E-state index < -0.39 is 10.0 Å². The van der Waals surface area contributed by atoms with Crippen molar-refractivity contribution in [3.05, 3.63) is 45.7 Å². The maximum atomic E-state index is 12.8. The molecule has 8 heteroatoms. The van der Waals surface area contributed by atoms with Crippen LogP contribution in [0.3, 0.4) is 0 Å². The summed E-state index contributed by atoms with van der Waals surface area (Å²) in [6.07, 6.45) is 2.09. The van der Waals surface area contributed by atoms with Gasteiger partial charge in [-0.3, -0.25) is 0 Å². The van der Waals surface area contributed by atoms with Gasteiger partial charge in [-0.15, -0.1) is 22.7 Å². The Balaban J connectivity index is 1.82. The summed E-state index contributed by atoms with van der Waals surface area (Å²) in [5, 5.41) is 0.869. The number of nitrogens with one attached hydrogen (secondary N) is 1. The van der Waals surface area contributed by atoms with Crippen LogP contribution in [0.4, 0.5) is 0 Å². The van der Waals surface area contributed by atoms with Gasteiger partial charge in [-0.25, -0.2) is 18.1 Å². The van der Waals surface area contributed by atoms with Crippen LogP contribution in [0.1, 0.15) is 28.1 Å². The average Bonchev–Trinajstić information content (AvgIpc) is 3.21. The SMILES string of the molecule is Cc1nc(-c2cc(S(=O)(=O)N[C@H](C)Cc3ccco3)c(C)s2)sc1C. The molecule has 0 amide bonds. The largest absolute Gasteiger partial charge is 0.469 e. The lowest BCUT2D eigenvalue weighted by molar-refractivity contribution is 0.479. The highest BCUT2D eigenvalue weighted by molar-refractivity contribution is 7.89. The van der Waals surface area contributed by atoms with Crippen molar-refractivity contribution in [2.45, 2.75) is 45.1 Å². The fourth-order valence-corrected chi connectivity index (χ4v) is 6.31. The number of hydrogen-bond acceptors (Lipinski definition) is 6. The molecule has 0 aliphatic carbocycles. The van der Waals surface area contributed by atoms with Crippen molar-refractivity contribution in [1.29, 1.82) is 0 Å². The maximum absolute atomic E-state index is 12.8. The van der Waals surface area contributed by atoms with Crippen molar-refractivity contribution in [2.75, 3.05) is 0 Å². The van der Waals surface area contributed by atoms with Gasteiger partial charge in [0.1, 0.15) is 10.8 Å². The molecule has 0 bridgehead atoms. The molecule has 0 aliphatic rings. The van der Waals surface area contributed by atoms with Crippen LogP contribution >= 0.6 is 22.7 Å². The Morgan fingerprint density at radius 3 is 2.60 bits per heavy atom. The first-order valence-electron chi connectivity index (χ1n) is 7.86. The molecule has 0 saturated carbocycles. The molecular weight excluding hydrogens is 376 g/mol. The second-order valence-electron chi connectivity index (χ2n) is 6.00. The Morgan fingerprint density at radius 2 is 2.00 bits per heavy atom. The number of aromatic nitrogens is 1. The summed E-state index contributed by atoms with van der Waals surface area (Å²) in [5.74, 6) is 0.756. The minimum absolute atomic E-state index is 0.261. The molecule has 3 aromatic rings. The Labute approximate surface area is 155 Å². The third kappa shape index (κ3) is 4.03. The standard InChI is InChI=1S/C17H20N2O3S3/c1-10(8-14-6-5-7-22-14)19-25(20,21)16-9-15(23-13(16)4)17-18-11(2)12(3)24-17/h5-7,9-10,19H,8H2,1-4H3/t10-/m1/s1. The predicted octanol–water partition coefficient (Wildman–Crippen LogP) is 4.30. The van der Waals surface area contributed by atoms with E-state index in [9.17, 15) is 8.42 Å². The predicted molar refractivity (Wildman–Crippen MR) is 102 cm³/mol. The van der Waals surface area contributed by atoms with E-state index in [0.717, 1.165) is 31.1 Å². The minimum Gasteiger partial charge on any atom is -0.469 e. The number of nitrogens with zero attached hydrogens (tertiary/aromatic N) is 1. The van der Waals surface area contributed by atoms with Crippen molar-refractivity contribution in [3.8, 4) is 9.88 Å². The maximum Gasteiger partial charge on any atom is 0.241 e. The van der Waals surface area contributed by atoms with Crippen LogP contribution < -0.4 is 4.72 Å². The molecule has 1 N–H and O–H groups in total. The Hall–Kier alpha value is -1.48. The number of aryl methyl sites for hydroxylation is 3. The van der Waals surface area contributed by atoms with E-state index in [1.807, 2.05) is 33.8 Å². The molecule has 0 aromatic carbocycles. The summed E-state index contributed by atoms with van der Waals surface area (Å²) in [6, 6.07) is 5.10. The van der Waals surface area contributed by atoms with Crippen LogP contribution in [0.25, 0.3) is 9.88 Å². The fourth-order valence-electron chi connectivity index (χ4n) is 2.52. The van der Waals surface area contributed by atoms with Gasteiger partial charge in [0, 0.05) is 22.2 Å². The molecule has 0 spiro atoms. The van der Waals surface area contributed by atoms with Gasteiger partial charge in [0.2, 0.25) is 10.0 Å². The lowest BCUT2D eigenvalue weighted by Gasteiger charge is -2.12. The van der Waals surface area contributed by atoms with E-state index in [0.29, 0.717) is 11.3 Å². The zero-order valence-electron chi connectivity index (χ0n) is 14.5. The van der Waals surface area contributed by atoms with Gasteiger partial charge >= 0.3 is 0 Å². The average molecular weight is 397 g/mol. The van der Waals surface area contributed by atoms with E-state index in [-0.39, 0.29) is 6.04 Å². The second-order valence-corrected chi connectivity index (χ2v) is 10.1. The first-order chi connectivity index (χ1) is 11.8. The highest BCUT2D eigenvalue weighted by Gasteiger charge is 2.24. The lowest BCUT2D eigenvalue weighted by atomic mass is 10.2. The zero-order valence-corrected chi connectivity index (χ0v) is 16.9. The molecule has 0 fully saturated rings. The van der Waals surface area contributed by atoms with E-state index in [4.69, 9.17) is 4.42 Å². The Morgan fingerprint density at radius 1 is 1.24 bits per heavy atom. The number of hydrogen-bond donors (Lipinski definition) is 1. The first kappa shape index (κ1) is 18.3. The van der Waals surface area contributed by atoms with Crippen LogP contribution in [0.15, 0.2) is 33.8 Å². The number of thiophene rings is 1. The minimum atomic E-state index is -3.59. The van der Waals surface area contributed by atoms with Gasteiger partial charge in [-0.05, 0) is 45.9 Å². The monoisotopic (exact) mass is 396 g/mol. The highest BCUT2D eigenvalue weighted by Crippen LogP contribution is 2.36. The molecule has 0 radical (unpaired) electrons. The van der Waals surface area contributed by atoms with Gasteiger partial charge < -0.3 is 4.42 Å². The van der Waals surface area contributed by atoms with Gasteiger partial charge in [0.25, 0.3) is 0 Å². The molecule has 25 heavy (non-hydrogen) atoms. The number of thiazole rings is 1. The number of furan rings is 1. The normalized spacial score (nSPS) is 13.3. The van der Waals surface area contributed by atoms with Crippen LogP contribution in [0, 0.1) is 20.8 Å². The molecule has 0 unspecified atom stereocenters. The molecule has 3 rings (SSSR count). The van der Waals surface area contributed by atoms with Crippen LogP contribution in [0.2, 0.25) is 0 Å². The summed E-state index contributed by atoms with van der Waals surface area (Å²) in [4.78, 5) is 7.65. The topological polar surface area (TPSA) is 72.2 Å². The van der Waals surface area contributed by atoms with Crippen molar-refractivity contribution in [3.63, 3.8) is 0 Å². The van der Waals surface area contributed by atoms with Crippen LogP contribution in [0.5, 0.6) is 0 Å². The smallest absolute Gasteiger partial charge is 0.241 e. The van der Waals surface area contributed by atoms with Gasteiger partial charge in [0.05, 0.1) is 21.7 Å². The molecular formula is C17H20N2O3S3. The van der Waals surface area contributed by atoms with E-state index in [2.05, 4.69) is 9.71 Å². The second kappa shape index (κ2) is 7.03. The molecule has 134 valence electrons.